The number of methoxy groups -OCH3 is 4. The average molecular weight is 466 g/mol. The maximum Gasteiger partial charge on any atom is 0.298 e. The van der Waals surface area contributed by atoms with Crippen molar-refractivity contribution in [3.63, 3.8) is 0 Å². The van der Waals surface area contributed by atoms with Crippen LogP contribution in [0.1, 0.15) is 0 Å². The number of nitrogens with two attached hydrogens (primary N) is 2. The van der Waals surface area contributed by atoms with Crippen molar-refractivity contribution in [2.75, 3.05) is 39.9 Å². The molecule has 168 valence electrons. The minimum absolute atomic E-state index is 0.0317. The van der Waals surface area contributed by atoms with Crippen LogP contribution >= 0.6 is 0 Å². The summed E-state index contributed by atoms with van der Waals surface area (Å²) in [5, 5.41) is 0. The topological polar surface area (TPSA) is 198 Å². The lowest BCUT2D eigenvalue weighted by Gasteiger charge is -2.10. The molecule has 6 N–H and O–H groups in total. The molecule has 0 radical (unpaired) electrons. The molecule has 0 bridgehead atoms. The summed E-state index contributed by atoms with van der Waals surface area (Å²) in [5.74, 6) is 0.481. The van der Waals surface area contributed by atoms with Crippen molar-refractivity contribution in [3.05, 3.63) is 24.3 Å². The van der Waals surface area contributed by atoms with Gasteiger partial charge in [0.15, 0.2) is 0 Å². The molecular weight excluding hydrogens is 444 g/mol. The Kier molecular flexibility index (Phi) is 8.12. The summed E-state index contributed by atoms with van der Waals surface area (Å²) < 4.78 is 80.9. The normalized spacial score (nSPS) is 11.1. The van der Waals surface area contributed by atoms with Crippen molar-refractivity contribution in [2.45, 2.75) is 9.79 Å². The number of rotatable bonds is 6. The Bertz CT molecular complexity index is 1120. The molecule has 0 heterocycles. The van der Waals surface area contributed by atoms with Gasteiger partial charge in [0.05, 0.1) is 39.8 Å². The van der Waals surface area contributed by atoms with Crippen LogP contribution in [0.25, 0.3) is 0 Å². The van der Waals surface area contributed by atoms with Gasteiger partial charge in [0.25, 0.3) is 20.2 Å². The lowest BCUT2D eigenvalue weighted by atomic mass is 10.3. The van der Waals surface area contributed by atoms with Crippen molar-refractivity contribution in [1.82, 2.24) is 0 Å². The van der Waals surface area contributed by atoms with Gasteiger partial charge in [-0.3, -0.25) is 9.11 Å². The van der Waals surface area contributed by atoms with Crippen LogP contribution in [-0.4, -0.2) is 54.4 Å². The van der Waals surface area contributed by atoms with Gasteiger partial charge in [0, 0.05) is 24.3 Å². The van der Waals surface area contributed by atoms with Crippen LogP contribution in [-0.2, 0) is 20.2 Å². The summed E-state index contributed by atoms with van der Waals surface area (Å²) in [5.41, 5.74) is 11.1. The first-order valence-corrected chi connectivity index (χ1v) is 10.7. The van der Waals surface area contributed by atoms with Crippen LogP contribution in [0, 0.1) is 0 Å². The molecule has 0 unspecified atom stereocenters. The van der Waals surface area contributed by atoms with E-state index in [0.29, 0.717) is 0 Å². The van der Waals surface area contributed by atoms with Crippen molar-refractivity contribution in [1.29, 1.82) is 0 Å². The first-order chi connectivity index (χ1) is 13.8. The van der Waals surface area contributed by atoms with Gasteiger partial charge >= 0.3 is 0 Å². The third-order valence-corrected chi connectivity index (χ3v) is 5.37. The molecule has 0 aliphatic heterocycles. The SMILES string of the molecule is COc1cc(OC)c(N)c(S(=O)(=O)O)c1.COc1cc(S(=O)(=O)O)c(OC)cc1N. The zero-order valence-electron chi connectivity index (χ0n) is 16.4. The van der Waals surface area contributed by atoms with Gasteiger partial charge in [-0.05, 0) is 0 Å². The molecule has 0 aliphatic rings. The molecule has 0 atom stereocenters. The number of nitrogen functional groups attached to an aromatic ring is 2. The van der Waals surface area contributed by atoms with Gasteiger partial charge in [0.2, 0.25) is 0 Å². The van der Waals surface area contributed by atoms with Gasteiger partial charge in [-0.25, -0.2) is 0 Å². The van der Waals surface area contributed by atoms with E-state index in [1.54, 1.807) is 0 Å². The van der Waals surface area contributed by atoms with Crippen LogP contribution in [0.5, 0.6) is 23.0 Å². The fraction of sp³-hybridized carbons (Fsp3) is 0.250. The molecule has 0 aromatic heterocycles. The first-order valence-electron chi connectivity index (χ1n) is 7.78. The van der Waals surface area contributed by atoms with E-state index < -0.39 is 25.1 Å². The summed E-state index contributed by atoms with van der Waals surface area (Å²) >= 11 is 0. The van der Waals surface area contributed by atoms with E-state index in [4.69, 9.17) is 39.5 Å². The van der Waals surface area contributed by atoms with Gasteiger partial charge in [-0.2, -0.15) is 16.8 Å². The number of ether oxygens (including phenoxy) is 4. The molecule has 2 rings (SSSR count). The van der Waals surface area contributed by atoms with Gasteiger partial charge in [0.1, 0.15) is 32.8 Å². The number of hydrogen-bond acceptors (Lipinski definition) is 10. The Morgan fingerprint density at radius 3 is 1.57 bits per heavy atom. The smallest absolute Gasteiger partial charge is 0.298 e. The highest BCUT2D eigenvalue weighted by atomic mass is 32.2. The predicted octanol–water partition coefficient (Wildman–Crippen LogP) is 1.07. The van der Waals surface area contributed by atoms with E-state index in [-0.39, 0.29) is 39.3 Å². The first kappa shape index (κ1) is 25.1. The third-order valence-electron chi connectivity index (χ3n) is 3.61. The van der Waals surface area contributed by atoms with Crippen LogP contribution < -0.4 is 30.4 Å². The lowest BCUT2D eigenvalue weighted by Crippen LogP contribution is -2.05. The second kappa shape index (κ2) is 9.71. The quantitative estimate of drug-likeness (QED) is 0.349. The zero-order chi connectivity index (χ0) is 23.3. The Labute approximate surface area is 173 Å². The highest BCUT2D eigenvalue weighted by Gasteiger charge is 2.20. The van der Waals surface area contributed by atoms with Crippen LogP contribution in [0.15, 0.2) is 34.1 Å². The number of benzene rings is 2. The van der Waals surface area contributed by atoms with E-state index in [2.05, 4.69) is 0 Å². The Morgan fingerprint density at radius 2 is 1.17 bits per heavy atom. The van der Waals surface area contributed by atoms with Gasteiger partial charge in [-0.15, -0.1) is 0 Å². The minimum Gasteiger partial charge on any atom is -0.497 e. The Balaban J connectivity index is 0.000000300. The molecule has 0 fully saturated rings. The van der Waals surface area contributed by atoms with Crippen LogP contribution in [0.2, 0.25) is 0 Å². The molecule has 30 heavy (non-hydrogen) atoms. The van der Waals surface area contributed by atoms with E-state index in [9.17, 15) is 16.8 Å². The van der Waals surface area contributed by atoms with E-state index in [0.717, 1.165) is 12.1 Å². The summed E-state index contributed by atoms with van der Waals surface area (Å²) in [6, 6.07) is 4.91. The van der Waals surface area contributed by atoms with Gasteiger partial charge < -0.3 is 30.4 Å². The van der Waals surface area contributed by atoms with Crippen molar-refractivity contribution in [3.8, 4) is 23.0 Å². The number of anilines is 2. The highest BCUT2D eigenvalue weighted by Crippen LogP contribution is 2.34. The molecule has 2 aromatic carbocycles. The molecule has 14 heteroatoms. The lowest BCUT2D eigenvalue weighted by molar-refractivity contribution is 0.389. The molecule has 0 saturated heterocycles. The second-order valence-corrected chi connectivity index (χ2v) is 8.22. The van der Waals surface area contributed by atoms with E-state index in [1.807, 2.05) is 0 Å². The fourth-order valence-electron chi connectivity index (χ4n) is 2.17. The standard InChI is InChI=1S/2C8H11NO5S/c1-13-6-4-8(15(10,11)12)7(14-2)3-5(6)9;1-13-5-3-6(14-2)8(9)7(4-5)15(10,11)12/h2*3-4H,9H2,1-2H3,(H,10,11,12). The van der Waals surface area contributed by atoms with E-state index >= 15 is 0 Å². The monoisotopic (exact) mass is 466 g/mol. The van der Waals surface area contributed by atoms with Crippen LogP contribution in [0.3, 0.4) is 0 Å². The summed E-state index contributed by atoms with van der Waals surface area (Å²) in [7, 11) is -3.43. The van der Waals surface area contributed by atoms with E-state index in [1.165, 1.54) is 40.6 Å². The molecule has 0 amide bonds. The molecule has 0 spiro atoms. The van der Waals surface area contributed by atoms with Crippen molar-refractivity contribution >= 4 is 31.6 Å². The molecule has 0 aliphatic carbocycles. The summed E-state index contributed by atoms with van der Waals surface area (Å²) in [6.07, 6.45) is 0. The average Bonchev–Trinajstić information content (AvgIpc) is 2.66. The zero-order valence-corrected chi connectivity index (χ0v) is 18.1. The van der Waals surface area contributed by atoms with Crippen molar-refractivity contribution in [2.24, 2.45) is 0 Å². The fourth-order valence-corrected chi connectivity index (χ4v) is 3.47. The van der Waals surface area contributed by atoms with Crippen LogP contribution in [0.4, 0.5) is 11.4 Å². The minimum atomic E-state index is -4.38. The molecule has 0 saturated carbocycles. The maximum absolute atomic E-state index is 11.0. The molecule has 2 aromatic rings. The maximum atomic E-state index is 11.0. The Hall–Kier alpha value is -2.94. The molecular formula is C16H22N2O10S2. The van der Waals surface area contributed by atoms with Gasteiger partial charge in [-0.1, -0.05) is 0 Å². The molecule has 12 nitrogen and oxygen atoms in total. The largest absolute Gasteiger partial charge is 0.497 e. The number of hydrogen-bond donors (Lipinski definition) is 4. The van der Waals surface area contributed by atoms with Crippen molar-refractivity contribution < 1.29 is 44.9 Å². The third kappa shape index (κ3) is 6.03. The second-order valence-electron chi connectivity index (χ2n) is 5.44. The Morgan fingerprint density at radius 1 is 0.667 bits per heavy atom. The highest BCUT2D eigenvalue weighted by molar-refractivity contribution is 7.86. The summed E-state index contributed by atoms with van der Waals surface area (Å²) in [4.78, 5) is -0.810. The summed E-state index contributed by atoms with van der Waals surface area (Å²) in [6.45, 7) is 0. The predicted molar refractivity (Wildman–Crippen MR) is 108 cm³/mol.